The highest BCUT2D eigenvalue weighted by Crippen LogP contribution is 2.38. The molecule has 0 radical (unpaired) electrons. The van der Waals surface area contributed by atoms with Crippen LogP contribution in [0.1, 0.15) is 12.5 Å². The van der Waals surface area contributed by atoms with Crippen molar-refractivity contribution in [2.24, 2.45) is 4.99 Å². The van der Waals surface area contributed by atoms with Crippen LogP contribution in [0, 0.1) is 0 Å². The summed E-state index contributed by atoms with van der Waals surface area (Å²) in [5, 5.41) is 3.25. The monoisotopic (exact) mass is 418 g/mol. The van der Waals surface area contributed by atoms with E-state index in [0.29, 0.717) is 55.9 Å². The van der Waals surface area contributed by atoms with Gasteiger partial charge in [0.05, 0.1) is 21.3 Å². The Bertz CT molecular complexity index is 679. The van der Waals surface area contributed by atoms with E-state index in [4.69, 9.17) is 14.2 Å². The smallest absolute Gasteiger partial charge is 0.403 e. The molecule has 1 fully saturated rings. The number of halogens is 3. The molecule has 1 aliphatic heterocycles. The first kappa shape index (κ1) is 22.9. The number of aliphatic imine (C=N–C) groups is 1. The average molecular weight is 418 g/mol. The van der Waals surface area contributed by atoms with Crippen molar-refractivity contribution in [3.63, 3.8) is 0 Å². The van der Waals surface area contributed by atoms with Gasteiger partial charge in [0.15, 0.2) is 17.5 Å². The predicted octanol–water partition coefficient (Wildman–Crippen LogP) is 2.36. The van der Waals surface area contributed by atoms with E-state index < -0.39 is 12.2 Å². The molecule has 1 atom stereocenters. The molecule has 1 aromatic carbocycles. The van der Waals surface area contributed by atoms with Crippen molar-refractivity contribution in [1.29, 1.82) is 0 Å². The molecular weight excluding hydrogens is 389 g/mol. The summed E-state index contributed by atoms with van der Waals surface area (Å²) >= 11 is 0. The summed E-state index contributed by atoms with van der Waals surface area (Å²) in [6.45, 7) is 3.23. The minimum atomic E-state index is -4.21. The van der Waals surface area contributed by atoms with E-state index in [1.165, 1.54) is 11.8 Å². The van der Waals surface area contributed by atoms with Crippen LogP contribution in [0.15, 0.2) is 17.1 Å². The number of methoxy groups -OCH3 is 3. The van der Waals surface area contributed by atoms with E-state index in [0.717, 1.165) is 5.56 Å². The van der Waals surface area contributed by atoms with Crippen LogP contribution in [-0.4, -0.2) is 82.5 Å². The van der Waals surface area contributed by atoms with E-state index in [-0.39, 0.29) is 0 Å². The minimum absolute atomic E-state index is 0.325. The highest BCUT2D eigenvalue weighted by Gasteiger charge is 2.41. The molecular formula is C19H29F3N4O3. The van der Waals surface area contributed by atoms with Gasteiger partial charge in [-0.3, -0.25) is 9.89 Å². The maximum absolute atomic E-state index is 12.9. The molecule has 1 saturated heterocycles. The number of nitrogens with zero attached hydrogens (tertiary/aromatic N) is 3. The Morgan fingerprint density at radius 1 is 1.07 bits per heavy atom. The van der Waals surface area contributed by atoms with E-state index in [2.05, 4.69) is 10.3 Å². The van der Waals surface area contributed by atoms with Crippen LogP contribution in [0.3, 0.4) is 0 Å². The van der Waals surface area contributed by atoms with Gasteiger partial charge in [-0.15, -0.1) is 0 Å². The van der Waals surface area contributed by atoms with Gasteiger partial charge in [-0.2, -0.15) is 13.2 Å². The fraction of sp³-hybridized carbons (Fsp3) is 0.632. The molecule has 0 spiro atoms. The first-order chi connectivity index (χ1) is 13.7. The van der Waals surface area contributed by atoms with Crippen molar-refractivity contribution in [2.75, 3.05) is 54.6 Å². The van der Waals surface area contributed by atoms with Crippen LogP contribution in [0.2, 0.25) is 0 Å². The van der Waals surface area contributed by atoms with Gasteiger partial charge in [0, 0.05) is 39.8 Å². The summed E-state index contributed by atoms with van der Waals surface area (Å²) in [6.07, 6.45) is -4.21. The van der Waals surface area contributed by atoms with Crippen molar-refractivity contribution in [3.05, 3.63) is 17.7 Å². The Kier molecular flexibility index (Phi) is 7.83. The van der Waals surface area contributed by atoms with Gasteiger partial charge >= 0.3 is 6.18 Å². The second kappa shape index (κ2) is 9.91. The van der Waals surface area contributed by atoms with Crippen molar-refractivity contribution < 1.29 is 27.4 Å². The van der Waals surface area contributed by atoms with Gasteiger partial charge in [-0.1, -0.05) is 0 Å². The molecule has 164 valence electrons. The number of nitrogens with one attached hydrogen (secondary N) is 1. The highest BCUT2D eigenvalue weighted by atomic mass is 19.4. The van der Waals surface area contributed by atoms with Gasteiger partial charge in [0.2, 0.25) is 5.75 Å². The number of hydrogen-bond acceptors (Lipinski definition) is 5. The van der Waals surface area contributed by atoms with Crippen LogP contribution < -0.4 is 19.5 Å². The molecule has 0 bridgehead atoms. The molecule has 1 unspecified atom stereocenters. The van der Waals surface area contributed by atoms with Crippen molar-refractivity contribution in [1.82, 2.24) is 15.1 Å². The summed E-state index contributed by atoms with van der Waals surface area (Å²) in [4.78, 5) is 7.67. The molecule has 0 aliphatic carbocycles. The Morgan fingerprint density at radius 2 is 1.62 bits per heavy atom. The lowest BCUT2D eigenvalue weighted by atomic mass is 10.1. The van der Waals surface area contributed by atoms with Crippen molar-refractivity contribution >= 4 is 5.96 Å². The Labute approximate surface area is 169 Å². The molecule has 1 N–H and O–H groups in total. The minimum Gasteiger partial charge on any atom is -0.493 e. The van der Waals surface area contributed by atoms with E-state index in [1.54, 1.807) is 28.4 Å². The number of hydrogen-bond donors (Lipinski definition) is 1. The normalized spacial score (nSPS) is 17.1. The number of ether oxygens (including phenoxy) is 3. The first-order valence-electron chi connectivity index (χ1n) is 9.30. The lowest BCUT2D eigenvalue weighted by Crippen LogP contribution is -2.56. The zero-order valence-electron chi connectivity index (χ0n) is 17.5. The zero-order valence-corrected chi connectivity index (χ0v) is 17.5. The van der Waals surface area contributed by atoms with Gasteiger partial charge < -0.3 is 24.4 Å². The predicted molar refractivity (Wildman–Crippen MR) is 105 cm³/mol. The SMILES string of the molecule is CN=C(NCc1cc(OC)c(OC)c(OC)c1)N1CCN(C(C)C(F)(F)F)CC1. The second-order valence-corrected chi connectivity index (χ2v) is 6.67. The summed E-state index contributed by atoms with van der Waals surface area (Å²) in [5.41, 5.74) is 0.893. The number of alkyl halides is 3. The zero-order chi connectivity index (χ0) is 21.6. The van der Waals surface area contributed by atoms with Crippen molar-refractivity contribution in [3.8, 4) is 17.2 Å². The van der Waals surface area contributed by atoms with Gasteiger partial charge in [-0.05, 0) is 24.6 Å². The third kappa shape index (κ3) is 5.59. The lowest BCUT2D eigenvalue weighted by Gasteiger charge is -2.39. The molecule has 1 aliphatic rings. The third-order valence-electron chi connectivity index (χ3n) is 5.02. The van der Waals surface area contributed by atoms with Gasteiger partial charge in [-0.25, -0.2) is 0 Å². The first-order valence-corrected chi connectivity index (χ1v) is 9.30. The molecule has 29 heavy (non-hydrogen) atoms. The molecule has 10 heteroatoms. The van der Waals surface area contributed by atoms with Gasteiger partial charge in [0.1, 0.15) is 6.04 Å². The topological polar surface area (TPSA) is 58.6 Å². The van der Waals surface area contributed by atoms with Crippen molar-refractivity contribution in [2.45, 2.75) is 25.7 Å². The van der Waals surface area contributed by atoms with Crippen LogP contribution in [0.4, 0.5) is 13.2 Å². The summed E-state index contributed by atoms with van der Waals surface area (Å²) in [7, 11) is 6.30. The standard InChI is InChI=1S/C19H29F3N4O3/c1-13(19(20,21)22)25-6-8-26(9-7-25)18(23-2)24-12-14-10-15(27-3)17(29-5)16(11-14)28-4/h10-11,13H,6-9,12H2,1-5H3,(H,23,24). The summed E-state index contributed by atoms with van der Waals surface area (Å²) < 4.78 is 54.8. The molecule has 1 aromatic rings. The fourth-order valence-corrected chi connectivity index (χ4v) is 3.28. The Morgan fingerprint density at radius 3 is 2.03 bits per heavy atom. The highest BCUT2D eigenvalue weighted by molar-refractivity contribution is 5.80. The fourth-order valence-electron chi connectivity index (χ4n) is 3.28. The molecule has 0 saturated carbocycles. The van der Waals surface area contributed by atoms with Crippen LogP contribution in [-0.2, 0) is 6.54 Å². The number of piperazine rings is 1. The Balaban J connectivity index is 2.00. The number of rotatable bonds is 6. The molecule has 0 aromatic heterocycles. The summed E-state index contributed by atoms with van der Waals surface area (Å²) in [6, 6.07) is 2.23. The second-order valence-electron chi connectivity index (χ2n) is 6.67. The van der Waals surface area contributed by atoms with E-state index in [1.807, 2.05) is 17.0 Å². The number of guanidine groups is 1. The summed E-state index contributed by atoms with van der Waals surface area (Å²) in [5.74, 6) is 2.25. The third-order valence-corrected chi connectivity index (χ3v) is 5.02. The van der Waals surface area contributed by atoms with Gasteiger partial charge in [0.25, 0.3) is 0 Å². The lowest BCUT2D eigenvalue weighted by molar-refractivity contribution is -0.181. The maximum atomic E-state index is 12.9. The molecule has 0 amide bonds. The van der Waals surface area contributed by atoms with Crippen LogP contribution >= 0.6 is 0 Å². The Hall–Kier alpha value is -2.36. The van der Waals surface area contributed by atoms with Crippen LogP contribution in [0.25, 0.3) is 0 Å². The quantitative estimate of drug-likeness (QED) is 0.566. The van der Waals surface area contributed by atoms with E-state index >= 15 is 0 Å². The average Bonchev–Trinajstić information content (AvgIpc) is 2.72. The maximum Gasteiger partial charge on any atom is 0.403 e. The molecule has 1 heterocycles. The number of benzene rings is 1. The van der Waals surface area contributed by atoms with E-state index in [9.17, 15) is 13.2 Å². The molecule has 2 rings (SSSR count). The molecule has 7 nitrogen and oxygen atoms in total. The largest absolute Gasteiger partial charge is 0.493 e. The van der Waals surface area contributed by atoms with Crippen LogP contribution in [0.5, 0.6) is 17.2 Å².